The molecule has 1 saturated heterocycles. The van der Waals surface area contributed by atoms with Crippen LogP contribution >= 0.6 is 12.2 Å². The molecule has 1 aromatic carbocycles. The van der Waals surface area contributed by atoms with E-state index in [0.29, 0.717) is 18.1 Å². The van der Waals surface area contributed by atoms with Gasteiger partial charge in [-0.15, -0.1) is 0 Å². The standard InChI is InChI=1S/C23H25N5OS/c1-16-8-10-17(11-9-16)25-20(29)12-15-28-22(19-7-5-14-27(19)2)21(26-23(28)30)18-6-3-4-13-24-18/h3-11,13-14,21-22H,12,15H2,1-2H3,(H,25,29)(H,26,30)/t21-,22+/m0/s1. The molecule has 2 atom stereocenters. The van der Waals surface area contributed by atoms with Crippen molar-refractivity contribution in [2.75, 3.05) is 11.9 Å². The van der Waals surface area contributed by atoms with Gasteiger partial charge in [-0.3, -0.25) is 9.78 Å². The second-order valence-electron chi connectivity index (χ2n) is 7.53. The molecule has 0 radical (unpaired) electrons. The third-order valence-corrected chi connectivity index (χ3v) is 5.75. The summed E-state index contributed by atoms with van der Waals surface area (Å²) >= 11 is 5.65. The number of aryl methyl sites for hydroxylation is 2. The summed E-state index contributed by atoms with van der Waals surface area (Å²) in [5.41, 5.74) is 4.01. The molecule has 0 aliphatic carbocycles. The van der Waals surface area contributed by atoms with Gasteiger partial charge in [-0.05, 0) is 55.5 Å². The number of carbonyl (C=O) groups excluding carboxylic acids is 1. The minimum Gasteiger partial charge on any atom is -0.353 e. The van der Waals surface area contributed by atoms with E-state index in [2.05, 4.69) is 31.2 Å². The first-order chi connectivity index (χ1) is 14.5. The molecule has 1 aliphatic rings. The Morgan fingerprint density at radius 2 is 1.97 bits per heavy atom. The first-order valence-corrected chi connectivity index (χ1v) is 10.4. The summed E-state index contributed by atoms with van der Waals surface area (Å²) in [4.78, 5) is 19.2. The van der Waals surface area contributed by atoms with Crippen LogP contribution in [-0.4, -0.2) is 32.0 Å². The lowest BCUT2D eigenvalue weighted by molar-refractivity contribution is -0.116. The number of hydrogen-bond donors (Lipinski definition) is 2. The molecular weight excluding hydrogens is 394 g/mol. The summed E-state index contributed by atoms with van der Waals surface area (Å²) in [5, 5.41) is 7.02. The van der Waals surface area contributed by atoms with Crippen LogP contribution in [0.5, 0.6) is 0 Å². The Bertz CT molecular complexity index is 1030. The molecule has 6 nitrogen and oxygen atoms in total. The van der Waals surface area contributed by atoms with Gasteiger partial charge < -0.3 is 20.1 Å². The number of nitrogens with one attached hydrogen (secondary N) is 2. The van der Waals surface area contributed by atoms with E-state index in [1.165, 1.54) is 0 Å². The van der Waals surface area contributed by atoms with Crippen LogP contribution in [0.25, 0.3) is 0 Å². The highest BCUT2D eigenvalue weighted by atomic mass is 32.1. The minimum atomic E-state index is -0.0764. The van der Waals surface area contributed by atoms with E-state index in [1.54, 1.807) is 6.20 Å². The maximum Gasteiger partial charge on any atom is 0.226 e. The second kappa shape index (κ2) is 8.67. The van der Waals surface area contributed by atoms with Crippen LogP contribution in [0.3, 0.4) is 0 Å². The lowest BCUT2D eigenvalue weighted by atomic mass is 10.0. The van der Waals surface area contributed by atoms with Gasteiger partial charge in [0, 0.05) is 43.8 Å². The van der Waals surface area contributed by atoms with Crippen molar-refractivity contribution in [2.45, 2.75) is 25.4 Å². The zero-order valence-electron chi connectivity index (χ0n) is 17.1. The molecule has 154 valence electrons. The van der Waals surface area contributed by atoms with Crippen LogP contribution in [0.4, 0.5) is 5.69 Å². The predicted molar refractivity (Wildman–Crippen MR) is 122 cm³/mol. The summed E-state index contributed by atoms with van der Waals surface area (Å²) < 4.78 is 2.09. The SMILES string of the molecule is Cc1ccc(NC(=O)CCN2C(=S)N[C@@H](c3ccccn3)[C@H]2c2cccn2C)cc1. The zero-order chi connectivity index (χ0) is 21.1. The third kappa shape index (κ3) is 4.21. The molecule has 0 saturated carbocycles. The summed E-state index contributed by atoms with van der Waals surface area (Å²) in [6.07, 6.45) is 4.15. The molecule has 2 N–H and O–H groups in total. The Hall–Kier alpha value is -3.19. The highest BCUT2D eigenvalue weighted by Gasteiger charge is 2.40. The smallest absolute Gasteiger partial charge is 0.226 e. The molecule has 0 unspecified atom stereocenters. The van der Waals surface area contributed by atoms with Crippen molar-refractivity contribution in [3.63, 3.8) is 0 Å². The Balaban J connectivity index is 1.52. The molecular formula is C23H25N5OS. The molecule has 1 aliphatic heterocycles. The van der Waals surface area contributed by atoms with Crippen LogP contribution in [-0.2, 0) is 11.8 Å². The third-order valence-electron chi connectivity index (χ3n) is 5.40. The van der Waals surface area contributed by atoms with Gasteiger partial charge in [0.25, 0.3) is 0 Å². The average Bonchev–Trinajstić information content (AvgIpc) is 3.31. The van der Waals surface area contributed by atoms with Gasteiger partial charge in [0.15, 0.2) is 5.11 Å². The molecule has 1 fully saturated rings. The minimum absolute atomic E-state index is 0.0337. The Morgan fingerprint density at radius 1 is 1.17 bits per heavy atom. The molecule has 2 aromatic heterocycles. The van der Waals surface area contributed by atoms with E-state index in [4.69, 9.17) is 12.2 Å². The topological polar surface area (TPSA) is 62.2 Å². The van der Waals surface area contributed by atoms with Gasteiger partial charge in [-0.2, -0.15) is 0 Å². The first-order valence-electron chi connectivity index (χ1n) is 9.99. The van der Waals surface area contributed by atoms with Crippen molar-refractivity contribution in [3.8, 4) is 0 Å². The van der Waals surface area contributed by atoms with Gasteiger partial charge in [-0.25, -0.2) is 0 Å². The van der Waals surface area contributed by atoms with Crippen LogP contribution in [0.2, 0.25) is 0 Å². The number of benzene rings is 1. The summed E-state index contributed by atoms with van der Waals surface area (Å²) in [5.74, 6) is -0.0337. The Morgan fingerprint density at radius 3 is 2.63 bits per heavy atom. The number of thiocarbonyl (C=S) groups is 1. The fourth-order valence-corrected chi connectivity index (χ4v) is 4.16. The highest BCUT2D eigenvalue weighted by molar-refractivity contribution is 7.80. The molecule has 3 heterocycles. The van der Waals surface area contributed by atoms with Gasteiger partial charge in [0.1, 0.15) is 0 Å². The molecule has 0 spiro atoms. The molecule has 7 heteroatoms. The summed E-state index contributed by atoms with van der Waals surface area (Å²) in [6, 6.07) is 17.7. The number of hydrogen-bond acceptors (Lipinski definition) is 3. The average molecular weight is 420 g/mol. The fourth-order valence-electron chi connectivity index (χ4n) is 3.83. The molecule has 0 bridgehead atoms. The fraction of sp³-hybridized carbons (Fsp3) is 0.261. The van der Waals surface area contributed by atoms with E-state index >= 15 is 0 Å². The number of rotatable bonds is 6. The number of nitrogens with zero attached hydrogens (tertiary/aromatic N) is 3. The summed E-state index contributed by atoms with van der Waals surface area (Å²) in [7, 11) is 2.02. The van der Waals surface area contributed by atoms with Gasteiger partial charge in [0.2, 0.25) is 5.91 Å². The van der Waals surface area contributed by atoms with Crippen LogP contribution in [0, 0.1) is 6.92 Å². The van der Waals surface area contributed by atoms with Gasteiger partial charge in [-0.1, -0.05) is 23.8 Å². The van der Waals surface area contributed by atoms with Crippen molar-refractivity contribution in [1.29, 1.82) is 0 Å². The molecule has 30 heavy (non-hydrogen) atoms. The maximum atomic E-state index is 12.6. The van der Waals surface area contributed by atoms with Crippen LogP contribution < -0.4 is 10.6 Å². The predicted octanol–water partition coefficient (Wildman–Crippen LogP) is 3.73. The van der Waals surface area contributed by atoms with E-state index in [1.807, 2.05) is 68.7 Å². The van der Waals surface area contributed by atoms with E-state index < -0.39 is 0 Å². The number of anilines is 1. The number of aromatic nitrogens is 2. The number of amides is 1. The van der Waals surface area contributed by atoms with Crippen LogP contribution in [0.1, 0.15) is 35.5 Å². The van der Waals surface area contributed by atoms with Gasteiger partial charge >= 0.3 is 0 Å². The molecule has 1 amide bonds. The van der Waals surface area contributed by atoms with Gasteiger partial charge in [0.05, 0.1) is 17.8 Å². The van der Waals surface area contributed by atoms with Crippen molar-refractivity contribution < 1.29 is 4.79 Å². The normalized spacial score (nSPS) is 18.3. The van der Waals surface area contributed by atoms with E-state index in [9.17, 15) is 4.79 Å². The van der Waals surface area contributed by atoms with Crippen molar-refractivity contribution in [1.82, 2.24) is 19.8 Å². The Labute approximate surface area is 181 Å². The zero-order valence-corrected chi connectivity index (χ0v) is 17.9. The van der Waals surface area contributed by atoms with E-state index in [0.717, 1.165) is 22.6 Å². The monoisotopic (exact) mass is 419 g/mol. The number of pyridine rings is 1. The van der Waals surface area contributed by atoms with E-state index in [-0.39, 0.29) is 18.0 Å². The van der Waals surface area contributed by atoms with Crippen molar-refractivity contribution >= 4 is 28.9 Å². The van der Waals surface area contributed by atoms with Crippen molar-refractivity contribution in [3.05, 3.63) is 83.9 Å². The summed E-state index contributed by atoms with van der Waals surface area (Å²) in [6.45, 7) is 2.54. The van der Waals surface area contributed by atoms with Crippen molar-refractivity contribution in [2.24, 2.45) is 7.05 Å². The molecule has 3 aromatic rings. The quantitative estimate of drug-likeness (QED) is 0.596. The Kier molecular flexibility index (Phi) is 5.81. The number of carbonyl (C=O) groups is 1. The van der Waals surface area contributed by atoms with Crippen LogP contribution in [0.15, 0.2) is 67.0 Å². The second-order valence-corrected chi connectivity index (χ2v) is 7.91. The largest absolute Gasteiger partial charge is 0.353 e. The lowest BCUT2D eigenvalue weighted by Gasteiger charge is -2.28. The first kappa shape index (κ1) is 20.1. The highest BCUT2D eigenvalue weighted by Crippen LogP contribution is 2.38. The maximum absolute atomic E-state index is 12.6. The lowest BCUT2D eigenvalue weighted by Crippen LogP contribution is -2.33. The molecule has 4 rings (SSSR count).